The SMILES string of the molecule is OC[C@H]1CCC[C@H]2CCC[C@]2(O)CC1. The summed E-state index contributed by atoms with van der Waals surface area (Å²) in [5.41, 5.74) is -0.367. The van der Waals surface area contributed by atoms with Crippen molar-refractivity contribution in [3.8, 4) is 0 Å². The molecule has 0 heterocycles. The van der Waals surface area contributed by atoms with Gasteiger partial charge in [-0.25, -0.2) is 0 Å². The smallest absolute Gasteiger partial charge is 0.0676 e. The normalized spacial score (nSPS) is 44.1. The predicted octanol–water partition coefficient (Wildman–Crippen LogP) is 2.09. The van der Waals surface area contributed by atoms with Gasteiger partial charge in [0.25, 0.3) is 0 Å². The van der Waals surface area contributed by atoms with Gasteiger partial charge in [-0.1, -0.05) is 12.8 Å². The van der Waals surface area contributed by atoms with E-state index in [1.165, 1.54) is 25.7 Å². The van der Waals surface area contributed by atoms with E-state index in [2.05, 4.69) is 0 Å². The lowest BCUT2D eigenvalue weighted by atomic mass is 9.77. The highest BCUT2D eigenvalue weighted by molar-refractivity contribution is 4.93. The molecule has 0 unspecified atom stereocenters. The molecule has 2 N–H and O–H groups in total. The molecule has 0 aromatic rings. The van der Waals surface area contributed by atoms with Crippen LogP contribution in [-0.4, -0.2) is 22.4 Å². The summed E-state index contributed by atoms with van der Waals surface area (Å²) < 4.78 is 0. The summed E-state index contributed by atoms with van der Waals surface area (Å²) >= 11 is 0. The van der Waals surface area contributed by atoms with Crippen LogP contribution < -0.4 is 0 Å². The highest BCUT2D eigenvalue weighted by Gasteiger charge is 2.41. The Hall–Kier alpha value is -0.0800. The minimum Gasteiger partial charge on any atom is -0.396 e. The summed E-state index contributed by atoms with van der Waals surface area (Å²) in [5, 5.41) is 19.6. The molecule has 0 bridgehead atoms. The molecule has 2 aliphatic rings. The maximum absolute atomic E-state index is 10.4. The number of aliphatic hydroxyl groups excluding tert-OH is 1. The van der Waals surface area contributed by atoms with E-state index in [9.17, 15) is 5.11 Å². The molecule has 2 saturated carbocycles. The maximum atomic E-state index is 10.4. The van der Waals surface area contributed by atoms with Crippen molar-refractivity contribution in [2.45, 2.75) is 57.0 Å². The molecule has 14 heavy (non-hydrogen) atoms. The minimum absolute atomic E-state index is 0.306. The van der Waals surface area contributed by atoms with Gasteiger partial charge in [0.1, 0.15) is 0 Å². The number of rotatable bonds is 1. The standard InChI is InChI=1S/C12H22O2/c13-9-10-3-1-4-11-5-2-7-12(11,14)8-6-10/h10-11,13-14H,1-9H2/t10-,11-,12-/m0/s1. The molecule has 2 aliphatic carbocycles. The zero-order chi connectivity index (χ0) is 10.0. The fourth-order valence-corrected chi connectivity index (χ4v) is 3.30. The van der Waals surface area contributed by atoms with E-state index < -0.39 is 0 Å². The highest BCUT2D eigenvalue weighted by Crippen LogP contribution is 2.44. The van der Waals surface area contributed by atoms with Gasteiger partial charge in [0.15, 0.2) is 0 Å². The van der Waals surface area contributed by atoms with Crippen molar-refractivity contribution in [1.82, 2.24) is 0 Å². The molecule has 0 radical (unpaired) electrons. The molecule has 0 saturated heterocycles. The van der Waals surface area contributed by atoms with Crippen LogP contribution in [-0.2, 0) is 0 Å². The van der Waals surface area contributed by atoms with Crippen LogP contribution in [0.3, 0.4) is 0 Å². The molecule has 2 heteroatoms. The van der Waals surface area contributed by atoms with Crippen molar-refractivity contribution in [2.75, 3.05) is 6.61 Å². The van der Waals surface area contributed by atoms with Crippen LogP contribution in [0.4, 0.5) is 0 Å². The van der Waals surface area contributed by atoms with Gasteiger partial charge in [-0.15, -0.1) is 0 Å². The first-order valence-corrected chi connectivity index (χ1v) is 6.08. The summed E-state index contributed by atoms with van der Waals surface area (Å²) in [6.45, 7) is 0.306. The Bertz CT molecular complexity index is 193. The number of hydrogen-bond acceptors (Lipinski definition) is 2. The van der Waals surface area contributed by atoms with E-state index in [1.54, 1.807) is 0 Å². The zero-order valence-corrected chi connectivity index (χ0v) is 8.91. The predicted molar refractivity (Wildman–Crippen MR) is 56.0 cm³/mol. The molecule has 82 valence electrons. The van der Waals surface area contributed by atoms with Gasteiger partial charge in [-0.05, 0) is 50.4 Å². The van der Waals surface area contributed by atoms with Crippen LogP contribution in [0.15, 0.2) is 0 Å². The molecule has 2 fully saturated rings. The van der Waals surface area contributed by atoms with Crippen molar-refractivity contribution in [3.63, 3.8) is 0 Å². The van der Waals surface area contributed by atoms with Crippen molar-refractivity contribution in [3.05, 3.63) is 0 Å². The number of aliphatic hydroxyl groups is 2. The van der Waals surface area contributed by atoms with E-state index >= 15 is 0 Å². The number of fused-ring (bicyclic) bond motifs is 1. The van der Waals surface area contributed by atoms with Gasteiger partial charge < -0.3 is 10.2 Å². The van der Waals surface area contributed by atoms with Crippen LogP contribution >= 0.6 is 0 Å². The Kier molecular flexibility index (Phi) is 3.13. The van der Waals surface area contributed by atoms with Gasteiger partial charge in [-0.3, -0.25) is 0 Å². The van der Waals surface area contributed by atoms with Crippen molar-refractivity contribution in [1.29, 1.82) is 0 Å². The Morgan fingerprint density at radius 1 is 1.00 bits per heavy atom. The summed E-state index contributed by atoms with van der Waals surface area (Å²) in [6.07, 6.45) is 8.88. The lowest BCUT2D eigenvalue weighted by Gasteiger charge is -2.34. The molecule has 0 amide bonds. The molecular formula is C12H22O2. The second-order valence-electron chi connectivity index (χ2n) is 5.21. The quantitative estimate of drug-likeness (QED) is 0.677. The van der Waals surface area contributed by atoms with E-state index in [1.807, 2.05) is 0 Å². The Morgan fingerprint density at radius 2 is 1.79 bits per heavy atom. The zero-order valence-electron chi connectivity index (χ0n) is 8.91. The van der Waals surface area contributed by atoms with Gasteiger partial charge in [0.05, 0.1) is 5.60 Å². The van der Waals surface area contributed by atoms with Gasteiger partial charge in [-0.2, -0.15) is 0 Å². The van der Waals surface area contributed by atoms with Gasteiger partial charge >= 0.3 is 0 Å². The molecular weight excluding hydrogens is 176 g/mol. The molecule has 2 nitrogen and oxygen atoms in total. The largest absolute Gasteiger partial charge is 0.396 e. The van der Waals surface area contributed by atoms with Crippen molar-refractivity contribution >= 4 is 0 Å². The highest BCUT2D eigenvalue weighted by atomic mass is 16.3. The molecule has 0 aromatic carbocycles. The van der Waals surface area contributed by atoms with Crippen molar-refractivity contribution < 1.29 is 10.2 Å². The van der Waals surface area contributed by atoms with Crippen LogP contribution in [0.25, 0.3) is 0 Å². The van der Waals surface area contributed by atoms with E-state index in [-0.39, 0.29) is 5.60 Å². The average molecular weight is 198 g/mol. The Labute approximate surface area is 86.3 Å². The summed E-state index contributed by atoms with van der Waals surface area (Å²) in [5.74, 6) is 1.00. The Morgan fingerprint density at radius 3 is 2.57 bits per heavy atom. The summed E-state index contributed by atoms with van der Waals surface area (Å²) in [7, 11) is 0. The number of hydrogen-bond donors (Lipinski definition) is 2. The molecule has 3 atom stereocenters. The van der Waals surface area contributed by atoms with E-state index in [0.717, 1.165) is 25.7 Å². The van der Waals surface area contributed by atoms with Crippen molar-refractivity contribution in [2.24, 2.45) is 11.8 Å². The van der Waals surface area contributed by atoms with Crippen LogP contribution in [0, 0.1) is 11.8 Å². The maximum Gasteiger partial charge on any atom is 0.0676 e. The van der Waals surface area contributed by atoms with Gasteiger partial charge in [0, 0.05) is 6.61 Å². The third kappa shape index (κ3) is 1.96. The van der Waals surface area contributed by atoms with Crippen LogP contribution in [0.1, 0.15) is 51.4 Å². The van der Waals surface area contributed by atoms with E-state index in [0.29, 0.717) is 18.4 Å². The minimum atomic E-state index is -0.367. The average Bonchev–Trinajstić information content (AvgIpc) is 2.50. The fourth-order valence-electron chi connectivity index (χ4n) is 3.30. The molecule has 0 aliphatic heterocycles. The third-order valence-electron chi connectivity index (χ3n) is 4.33. The first-order valence-electron chi connectivity index (χ1n) is 6.08. The topological polar surface area (TPSA) is 40.5 Å². The Balaban J connectivity index is 1.99. The second-order valence-corrected chi connectivity index (χ2v) is 5.21. The van der Waals surface area contributed by atoms with E-state index in [4.69, 9.17) is 5.11 Å². The summed E-state index contributed by atoms with van der Waals surface area (Å²) in [6, 6.07) is 0. The molecule has 2 rings (SSSR count). The lowest BCUT2D eigenvalue weighted by Crippen LogP contribution is -2.35. The lowest BCUT2D eigenvalue weighted by molar-refractivity contribution is -0.0237. The first-order chi connectivity index (χ1) is 6.74. The first kappa shape index (κ1) is 10.4. The van der Waals surface area contributed by atoms with Crippen LogP contribution in [0.5, 0.6) is 0 Å². The molecule has 0 spiro atoms. The van der Waals surface area contributed by atoms with Crippen LogP contribution in [0.2, 0.25) is 0 Å². The fraction of sp³-hybridized carbons (Fsp3) is 1.00. The monoisotopic (exact) mass is 198 g/mol. The molecule has 0 aromatic heterocycles. The van der Waals surface area contributed by atoms with Gasteiger partial charge in [0.2, 0.25) is 0 Å². The summed E-state index contributed by atoms with van der Waals surface area (Å²) in [4.78, 5) is 0. The third-order valence-corrected chi connectivity index (χ3v) is 4.33. The second kappa shape index (κ2) is 4.19.